The van der Waals surface area contributed by atoms with Gasteiger partial charge in [-0.3, -0.25) is 9.69 Å². The number of likely N-dealkylation sites (tertiary alicyclic amines) is 1. The van der Waals surface area contributed by atoms with Gasteiger partial charge in [0.05, 0.1) is 18.9 Å². The third-order valence-electron chi connectivity index (χ3n) is 5.58. The largest absolute Gasteiger partial charge is 0.379 e. The van der Waals surface area contributed by atoms with E-state index in [9.17, 15) is 4.79 Å². The van der Waals surface area contributed by atoms with E-state index in [1.54, 1.807) is 0 Å². The van der Waals surface area contributed by atoms with E-state index >= 15 is 0 Å². The van der Waals surface area contributed by atoms with Crippen molar-refractivity contribution in [3.8, 4) is 0 Å². The van der Waals surface area contributed by atoms with Crippen molar-refractivity contribution < 1.29 is 14.1 Å². The van der Waals surface area contributed by atoms with Crippen LogP contribution in [0.25, 0.3) is 0 Å². The molecule has 2 saturated heterocycles. The van der Waals surface area contributed by atoms with E-state index < -0.39 is 0 Å². The van der Waals surface area contributed by atoms with Crippen molar-refractivity contribution in [2.45, 2.75) is 26.7 Å². The lowest BCUT2D eigenvalue weighted by molar-refractivity contribution is 0.00708. The molecule has 1 amide bonds. The van der Waals surface area contributed by atoms with Crippen LogP contribution in [-0.4, -0.2) is 92.3 Å². The van der Waals surface area contributed by atoms with E-state index in [-0.39, 0.29) is 11.3 Å². The quantitative estimate of drug-likeness (QED) is 0.805. The van der Waals surface area contributed by atoms with Gasteiger partial charge in [0, 0.05) is 44.7 Å². The van der Waals surface area contributed by atoms with Gasteiger partial charge < -0.3 is 19.1 Å². The average Bonchev–Trinajstić information content (AvgIpc) is 2.82. The second-order valence-electron chi connectivity index (χ2n) is 8.16. The Morgan fingerprint density at radius 3 is 2.77 bits per heavy atom. The fourth-order valence-electron chi connectivity index (χ4n) is 4.19. The smallest absolute Gasteiger partial charge is 0.259 e. The van der Waals surface area contributed by atoms with Crippen LogP contribution in [0, 0.1) is 19.3 Å². The summed E-state index contributed by atoms with van der Waals surface area (Å²) in [6, 6.07) is 0. The van der Waals surface area contributed by atoms with Crippen molar-refractivity contribution in [1.29, 1.82) is 0 Å². The summed E-state index contributed by atoms with van der Waals surface area (Å²) >= 11 is 0. The van der Waals surface area contributed by atoms with Crippen molar-refractivity contribution in [3.63, 3.8) is 0 Å². The van der Waals surface area contributed by atoms with Gasteiger partial charge in [0.2, 0.25) is 0 Å². The topological polar surface area (TPSA) is 62.1 Å². The zero-order valence-electron chi connectivity index (χ0n) is 16.6. The van der Waals surface area contributed by atoms with Gasteiger partial charge in [-0.05, 0) is 40.8 Å². The molecule has 1 spiro atoms. The lowest BCUT2D eigenvalue weighted by Crippen LogP contribution is -2.52. The Balaban J connectivity index is 1.72. The normalized spacial score (nSPS) is 25.0. The first-order chi connectivity index (χ1) is 12.4. The molecule has 1 aromatic rings. The van der Waals surface area contributed by atoms with E-state index in [1.165, 1.54) is 0 Å². The van der Waals surface area contributed by atoms with E-state index in [2.05, 4.69) is 29.1 Å². The number of nitrogens with zero attached hydrogens (tertiary/aromatic N) is 4. The molecule has 0 aliphatic carbocycles. The molecule has 0 saturated carbocycles. The van der Waals surface area contributed by atoms with E-state index in [4.69, 9.17) is 9.26 Å². The minimum absolute atomic E-state index is 0.0235. The van der Waals surface area contributed by atoms with Crippen molar-refractivity contribution in [3.05, 3.63) is 17.0 Å². The lowest BCUT2D eigenvalue weighted by Gasteiger charge is -2.43. The molecule has 2 aliphatic heterocycles. The first kappa shape index (κ1) is 19.3. The highest BCUT2D eigenvalue weighted by Crippen LogP contribution is 2.34. The number of amides is 1. The van der Waals surface area contributed by atoms with Crippen molar-refractivity contribution in [2.75, 3.05) is 66.6 Å². The minimum atomic E-state index is 0.0235. The minimum Gasteiger partial charge on any atom is -0.379 e. The molecular formula is C19H32N4O3. The summed E-state index contributed by atoms with van der Waals surface area (Å²) in [7, 11) is 4.21. The number of piperidine rings is 1. The van der Waals surface area contributed by atoms with E-state index in [0.29, 0.717) is 17.0 Å². The van der Waals surface area contributed by atoms with Crippen LogP contribution in [0.15, 0.2) is 4.52 Å². The van der Waals surface area contributed by atoms with Crippen LogP contribution in [0.3, 0.4) is 0 Å². The standard InChI is InChI=1S/C19H32N4O3/c1-15-17(16(2)26-20-15)18(24)23-7-5-6-19(13-23)12-22(9-8-21(3)4)10-11-25-14-19/h5-14H2,1-4H3/t19-/m1/s1. The van der Waals surface area contributed by atoms with Gasteiger partial charge >= 0.3 is 0 Å². The van der Waals surface area contributed by atoms with Crippen LogP contribution < -0.4 is 0 Å². The maximum Gasteiger partial charge on any atom is 0.259 e. The molecule has 146 valence electrons. The highest BCUT2D eigenvalue weighted by Gasteiger charge is 2.41. The van der Waals surface area contributed by atoms with Gasteiger partial charge in [-0.1, -0.05) is 5.16 Å². The van der Waals surface area contributed by atoms with E-state index in [1.807, 2.05) is 18.7 Å². The maximum atomic E-state index is 13.1. The summed E-state index contributed by atoms with van der Waals surface area (Å²) in [5.74, 6) is 0.654. The highest BCUT2D eigenvalue weighted by molar-refractivity contribution is 5.96. The zero-order valence-corrected chi connectivity index (χ0v) is 16.6. The van der Waals surface area contributed by atoms with Crippen LogP contribution >= 0.6 is 0 Å². The first-order valence-electron chi connectivity index (χ1n) is 9.57. The first-order valence-corrected chi connectivity index (χ1v) is 9.57. The summed E-state index contributed by atoms with van der Waals surface area (Å²) in [6.07, 6.45) is 2.12. The molecule has 1 aromatic heterocycles. The molecule has 0 unspecified atom stereocenters. The van der Waals surface area contributed by atoms with Crippen LogP contribution in [0.2, 0.25) is 0 Å². The molecule has 26 heavy (non-hydrogen) atoms. The number of carbonyl (C=O) groups excluding carboxylic acids is 1. The van der Waals surface area contributed by atoms with Gasteiger partial charge in [0.25, 0.3) is 5.91 Å². The van der Waals surface area contributed by atoms with Crippen LogP contribution in [0.4, 0.5) is 0 Å². The van der Waals surface area contributed by atoms with Crippen LogP contribution in [-0.2, 0) is 4.74 Å². The number of aromatic nitrogens is 1. The molecule has 2 fully saturated rings. The monoisotopic (exact) mass is 364 g/mol. The molecule has 7 heteroatoms. The Kier molecular flexibility index (Phi) is 5.99. The molecule has 0 aromatic carbocycles. The average molecular weight is 364 g/mol. The van der Waals surface area contributed by atoms with Gasteiger partial charge in [0.1, 0.15) is 11.3 Å². The summed E-state index contributed by atoms with van der Waals surface area (Å²) in [4.78, 5) is 19.8. The predicted molar refractivity (Wildman–Crippen MR) is 99.4 cm³/mol. The molecule has 7 nitrogen and oxygen atoms in total. The fraction of sp³-hybridized carbons (Fsp3) is 0.789. The molecule has 3 heterocycles. The number of ether oxygens (including phenoxy) is 1. The summed E-state index contributed by atoms with van der Waals surface area (Å²) in [5, 5.41) is 3.94. The molecular weight excluding hydrogens is 332 g/mol. The second-order valence-corrected chi connectivity index (χ2v) is 8.16. The summed E-state index contributed by atoms with van der Waals surface area (Å²) in [6.45, 7) is 10.7. The molecule has 2 aliphatic rings. The van der Waals surface area contributed by atoms with Crippen molar-refractivity contribution >= 4 is 5.91 Å². The summed E-state index contributed by atoms with van der Waals surface area (Å²) < 4.78 is 11.2. The molecule has 1 atom stereocenters. The number of rotatable bonds is 4. The van der Waals surface area contributed by atoms with Crippen molar-refractivity contribution in [1.82, 2.24) is 19.9 Å². The predicted octanol–water partition coefficient (Wildman–Crippen LogP) is 1.41. The van der Waals surface area contributed by atoms with Gasteiger partial charge in [-0.15, -0.1) is 0 Å². The summed E-state index contributed by atoms with van der Waals surface area (Å²) in [5.41, 5.74) is 1.33. The van der Waals surface area contributed by atoms with Gasteiger partial charge in [0.15, 0.2) is 0 Å². The molecule has 0 radical (unpaired) electrons. The lowest BCUT2D eigenvalue weighted by atomic mass is 9.79. The Hall–Kier alpha value is -1.44. The molecule has 0 bridgehead atoms. The highest BCUT2D eigenvalue weighted by atomic mass is 16.5. The zero-order chi connectivity index (χ0) is 18.7. The third kappa shape index (κ3) is 4.27. The van der Waals surface area contributed by atoms with Crippen molar-refractivity contribution in [2.24, 2.45) is 5.41 Å². The Morgan fingerprint density at radius 1 is 1.27 bits per heavy atom. The van der Waals surface area contributed by atoms with E-state index in [0.717, 1.165) is 65.3 Å². The number of likely N-dealkylation sites (N-methyl/N-ethyl adjacent to an activating group) is 1. The van der Waals surface area contributed by atoms with Gasteiger partial charge in [-0.2, -0.15) is 0 Å². The molecule has 0 N–H and O–H groups in total. The Morgan fingerprint density at radius 2 is 2.08 bits per heavy atom. The number of carbonyl (C=O) groups is 1. The Labute approximate surface area is 156 Å². The second kappa shape index (κ2) is 8.06. The fourth-order valence-corrected chi connectivity index (χ4v) is 4.19. The van der Waals surface area contributed by atoms with Crippen LogP contribution in [0.1, 0.15) is 34.7 Å². The number of aryl methyl sites for hydroxylation is 2. The van der Waals surface area contributed by atoms with Crippen LogP contribution in [0.5, 0.6) is 0 Å². The SMILES string of the molecule is Cc1noc(C)c1C(=O)N1CCC[C@]2(COCCN(CCN(C)C)C2)C1. The number of hydrogen-bond donors (Lipinski definition) is 0. The molecule has 3 rings (SSSR count). The maximum absolute atomic E-state index is 13.1. The van der Waals surface area contributed by atoms with Gasteiger partial charge in [-0.25, -0.2) is 0 Å². The number of hydrogen-bond acceptors (Lipinski definition) is 6. The Bertz CT molecular complexity index is 611. The third-order valence-corrected chi connectivity index (χ3v) is 5.58.